The van der Waals surface area contributed by atoms with Crippen LogP contribution in [0.25, 0.3) is 0 Å². The lowest BCUT2D eigenvalue weighted by molar-refractivity contribution is -0.384. The average molecular weight is 299 g/mol. The first-order valence-corrected chi connectivity index (χ1v) is 6.55. The van der Waals surface area contributed by atoms with E-state index in [1.807, 2.05) is 0 Å². The van der Waals surface area contributed by atoms with Crippen LogP contribution in [0.1, 0.15) is 25.7 Å². The van der Waals surface area contributed by atoms with Crippen LogP contribution in [0.5, 0.6) is 0 Å². The minimum Gasteiger partial charge on any atom is -0.329 e. The fourth-order valence-electron chi connectivity index (χ4n) is 2.63. The molecule has 0 unspecified atom stereocenters. The monoisotopic (exact) mass is 299 g/mol. The highest BCUT2D eigenvalue weighted by Crippen LogP contribution is 2.39. The van der Waals surface area contributed by atoms with E-state index in [0.29, 0.717) is 18.9 Å². The van der Waals surface area contributed by atoms with Crippen LogP contribution < -0.4 is 11.1 Å². The van der Waals surface area contributed by atoms with E-state index in [1.54, 1.807) is 0 Å². The molecule has 2 rings (SSSR count). The zero-order valence-corrected chi connectivity index (χ0v) is 11.2. The van der Waals surface area contributed by atoms with Gasteiger partial charge < -0.3 is 11.1 Å². The lowest BCUT2D eigenvalue weighted by atomic mass is 9.85. The molecular formula is C13H15F2N3O3. The standard InChI is InChI=1S/C13H15F2N3O3/c14-8-3-4-9(18(20)21)11(10(8)15)17-12(19)13(7-16)5-1-2-6-13/h3-4H,1-2,5-7,16H2,(H,17,19). The summed E-state index contributed by atoms with van der Waals surface area (Å²) in [4.78, 5) is 22.3. The molecule has 1 aromatic carbocycles. The molecule has 1 amide bonds. The molecule has 21 heavy (non-hydrogen) atoms. The van der Waals surface area contributed by atoms with Crippen LogP contribution in [0.15, 0.2) is 12.1 Å². The van der Waals surface area contributed by atoms with Gasteiger partial charge in [0.2, 0.25) is 5.91 Å². The average Bonchev–Trinajstić information content (AvgIpc) is 2.93. The summed E-state index contributed by atoms with van der Waals surface area (Å²) in [6.07, 6.45) is 2.66. The minimum absolute atomic E-state index is 0.0591. The maximum atomic E-state index is 13.8. The third kappa shape index (κ3) is 2.71. The van der Waals surface area contributed by atoms with Crippen LogP contribution in [0.3, 0.4) is 0 Å². The van der Waals surface area contributed by atoms with Crippen LogP contribution in [-0.4, -0.2) is 17.4 Å². The number of nitrogens with zero attached hydrogens (tertiary/aromatic N) is 1. The van der Waals surface area contributed by atoms with Gasteiger partial charge in [0.1, 0.15) is 0 Å². The maximum absolute atomic E-state index is 13.8. The van der Waals surface area contributed by atoms with Crippen molar-refractivity contribution in [3.63, 3.8) is 0 Å². The van der Waals surface area contributed by atoms with E-state index in [1.165, 1.54) is 0 Å². The highest BCUT2D eigenvalue weighted by Gasteiger charge is 2.41. The number of nitrogens with one attached hydrogen (secondary N) is 1. The lowest BCUT2D eigenvalue weighted by Gasteiger charge is -2.25. The van der Waals surface area contributed by atoms with Crippen molar-refractivity contribution in [3.05, 3.63) is 33.9 Å². The van der Waals surface area contributed by atoms with E-state index in [0.717, 1.165) is 18.9 Å². The fourth-order valence-corrected chi connectivity index (χ4v) is 2.63. The minimum atomic E-state index is -1.44. The number of rotatable bonds is 4. The van der Waals surface area contributed by atoms with E-state index < -0.39 is 39.3 Å². The summed E-state index contributed by atoms with van der Waals surface area (Å²) in [6, 6.07) is 1.47. The fraction of sp³-hybridized carbons (Fsp3) is 0.462. The van der Waals surface area contributed by atoms with E-state index >= 15 is 0 Å². The molecular weight excluding hydrogens is 284 g/mol. The molecule has 0 bridgehead atoms. The van der Waals surface area contributed by atoms with Crippen LogP contribution >= 0.6 is 0 Å². The molecule has 1 fully saturated rings. The van der Waals surface area contributed by atoms with E-state index in [2.05, 4.69) is 5.32 Å². The Kier molecular flexibility index (Phi) is 4.17. The zero-order valence-electron chi connectivity index (χ0n) is 11.2. The predicted octanol–water partition coefficient (Wildman–Crippen LogP) is 2.33. The van der Waals surface area contributed by atoms with Crippen LogP contribution in [0.2, 0.25) is 0 Å². The van der Waals surface area contributed by atoms with Gasteiger partial charge in [0.05, 0.1) is 10.3 Å². The number of carbonyl (C=O) groups excluding carboxylic acids is 1. The van der Waals surface area contributed by atoms with Crippen LogP contribution in [-0.2, 0) is 4.79 Å². The molecule has 0 aromatic heterocycles. The maximum Gasteiger partial charge on any atom is 0.296 e. The van der Waals surface area contributed by atoms with Gasteiger partial charge in [0.15, 0.2) is 17.3 Å². The highest BCUT2D eigenvalue weighted by molar-refractivity contribution is 5.97. The molecule has 0 aliphatic heterocycles. The predicted molar refractivity (Wildman–Crippen MR) is 71.6 cm³/mol. The number of nitro benzene ring substituents is 1. The lowest BCUT2D eigenvalue weighted by Crippen LogP contribution is -2.40. The number of benzene rings is 1. The number of nitrogens with two attached hydrogens (primary N) is 1. The summed E-state index contributed by atoms with van der Waals surface area (Å²) in [5, 5.41) is 13.0. The smallest absolute Gasteiger partial charge is 0.296 e. The molecule has 0 spiro atoms. The third-order valence-corrected chi connectivity index (χ3v) is 3.94. The van der Waals surface area contributed by atoms with Gasteiger partial charge in [-0.2, -0.15) is 0 Å². The molecule has 3 N–H and O–H groups in total. The van der Waals surface area contributed by atoms with E-state index in [4.69, 9.17) is 5.73 Å². The zero-order chi connectivity index (χ0) is 15.6. The summed E-state index contributed by atoms with van der Waals surface area (Å²) in [7, 11) is 0. The molecule has 6 nitrogen and oxygen atoms in total. The summed E-state index contributed by atoms with van der Waals surface area (Å²) in [5.41, 5.74) is 3.33. The van der Waals surface area contributed by atoms with Crippen molar-refractivity contribution in [1.29, 1.82) is 0 Å². The molecule has 0 radical (unpaired) electrons. The van der Waals surface area contributed by atoms with Crippen LogP contribution in [0.4, 0.5) is 20.2 Å². The second-order valence-electron chi connectivity index (χ2n) is 5.16. The quantitative estimate of drug-likeness (QED) is 0.658. The number of amides is 1. The van der Waals surface area contributed by atoms with Crippen molar-refractivity contribution in [2.24, 2.45) is 11.1 Å². The summed E-state index contributed by atoms with van der Waals surface area (Å²) >= 11 is 0. The number of anilines is 1. The van der Waals surface area contributed by atoms with Crippen molar-refractivity contribution >= 4 is 17.3 Å². The molecule has 114 valence electrons. The van der Waals surface area contributed by atoms with Crippen molar-refractivity contribution in [2.75, 3.05) is 11.9 Å². The second kappa shape index (κ2) is 5.72. The first kappa shape index (κ1) is 15.3. The topological polar surface area (TPSA) is 98.3 Å². The Morgan fingerprint density at radius 2 is 2.00 bits per heavy atom. The Hall–Kier alpha value is -2.09. The normalized spacial score (nSPS) is 16.7. The molecule has 1 aromatic rings. The third-order valence-electron chi connectivity index (χ3n) is 3.94. The van der Waals surface area contributed by atoms with Gasteiger partial charge in [0.25, 0.3) is 5.69 Å². The second-order valence-corrected chi connectivity index (χ2v) is 5.16. The van der Waals surface area contributed by atoms with Crippen molar-refractivity contribution in [3.8, 4) is 0 Å². The first-order chi connectivity index (χ1) is 9.91. The van der Waals surface area contributed by atoms with Gasteiger partial charge in [-0.25, -0.2) is 8.78 Å². The number of halogens is 2. The van der Waals surface area contributed by atoms with Crippen LogP contribution in [0, 0.1) is 27.2 Å². The van der Waals surface area contributed by atoms with E-state index in [-0.39, 0.29) is 6.54 Å². The van der Waals surface area contributed by atoms with Gasteiger partial charge in [-0.05, 0) is 18.9 Å². The van der Waals surface area contributed by atoms with Gasteiger partial charge >= 0.3 is 0 Å². The molecule has 0 saturated heterocycles. The number of hydrogen-bond donors (Lipinski definition) is 2. The Morgan fingerprint density at radius 3 is 2.52 bits per heavy atom. The van der Waals surface area contributed by atoms with Crippen molar-refractivity contribution in [1.82, 2.24) is 0 Å². The first-order valence-electron chi connectivity index (χ1n) is 6.55. The SMILES string of the molecule is NCC1(C(=O)Nc2c([N+](=O)[O-])ccc(F)c2F)CCCC1. The Morgan fingerprint density at radius 1 is 1.38 bits per heavy atom. The van der Waals surface area contributed by atoms with Gasteiger partial charge in [-0.3, -0.25) is 14.9 Å². The van der Waals surface area contributed by atoms with Gasteiger partial charge in [-0.15, -0.1) is 0 Å². The Balaban J connectivity index is 2.37. The Bertz CT molecular complexity index is 586. The summed E-state index contributed by atoms with van der Waals surface area (Å²) in [6.45, 7) is 0.0591. The van der Waals surface area contributed by atoms with E-state index in [9.17, 15) is 23.7 Å². The van der Waals surface area contributed by atoms with Gasteiger partial charge in [-0.1, -0.05) is 12.8 Å². The number of carbonyl (C=O) groups is 1. The molecule has 1 saturated carbocycles. The number of nitro groups is 1. The molecule has 0 atom stereocenters. The number of hydrogen-bond acceptors (Lipinski definition) is 4. The largest absolute Gasteiger partial charge is 0.329 e. The Labute approximate surface area is 119 Å². The molecule has 0 heterocycles. The molecule has 8 heteroatoms. The summed E-state index contributed by atoms with van der Waals surface area (Å²) < 4.78 is 27.0. The van der Waals surface area contributed by atoms with Gasteiger partial charge in [0, 0.05) is 12.6 Å². The highest BCUT2D eigenvalue weighted by atomic mass is 19.2. The van der Waals surface area contributed by atoms with Crippen molar-refractivity contribution < 1.29 is 18.5 Å². The van der Waals surface area contributed by atoms with Crippen molar-refractivity contribution in [2.45, 2.75) is 25.7 Å². The molecule has 1 aliphatic rings. The molecule has 1 aliphatic carbocycles. The summed E-state index contributed by atoms with van der Waals surface area (Å²) in [5.74, 6) is -3.30.